The minimum Gasteiger partial charge on any atom is -0.456 e. The Morgan fingerprint density at radius 1 is 0.333 bits per heavy atom. The SMILES string of the molecule is c1ccc(-c2nc(-c3ccccc3)nc(-c3cc(-c4ccc5c(c4)oc4ccccc45)cc(-c4cc(-c5ccccc5)c5ccc6cccnc6c5n4)c3)n2)cc1. The molecule has 6 heteroatoms. The van der Waals surface area contributed by atoms with Crippen molar-refractivity contribution in [2.75, 3.05) is 0 Å². The lowest BCUT2D eigenvalue weighted by molar-refractivity contribution is 0.669. The molecule has 7 aromatic carbocycles. The number of aromatic nitrogens is 5. The summed E-state index contributed by atoms with van der Waals surface area (Å²) in [5.74, 6) is 1.76. The molecule has 0 aliphatic heterocycles. The maximum Gasteiger partial charge on any atom is 0.164 e. The Balaban J connectivity index is 1.19. The molecule has 0 spiro atoms. The van der Waals surface area contributed by atoms with Gasteiger partial charge in [-0.15, -0.1) is 0 Å². The van der Waals surface area contributed by atoms with E-state index in [2.05, 4.69) is 91.0 Å². The van der Waals surface area contributed by atoms with Gasteiger partial charge in [0.1, 0.15) is 11.2 Å². The Bertz CT molecular complexity index is 3230. The third kappa shape index (κ3) is 5.88. The molecule has 0 radical (unpaired) electrons. The lowest BCUT2D eigenvalue weighted by atomic mass is 9.94. The van der Waals surface area contributed by atoms with Crippen LogP contribution in [-0.2, 0) is 0 Å². The molecule has 0 fully saturated rings. The molecule has 0 unspecified atom stereocenters. The molecule has 6 nitrogen and oxygen atoms in total. The molecule has 11 rings (SSSR count). The summed E-state index contributed by atoms with van der Waals surface area (Å²) in [6.45, 7) is 0. The molecular weight excluding hydrogens is 699 g/mol. The largest absolute Gasteiger partial charge is 0.456 e. The highest BCUT2D eigenvalue weighted by atomic mass is 16.3. The average Bonchev–Trinajstić information content (AvgIpc) is 3.67. The normalized spacial score (nSPS) is 11.5. The lowest BCUT2D eigenvalue weighted by Crippen LogP contribution is -2.00. The van der Waals surface area contributed by atoms with Crippen LogP contribution < -0.4 is 0 Å². The lowest BCUT2D eigenvalue weighted by Gasteiger charge is -2.15. The number of nitrogens with zero attached hydrogens (tertiary/aromatic N) is 5. The second kappa shape index (κ2) is 13.5. The molecule has 0 amide bonds. The molecule has 0 N–H and O–H groups in total. The third-order valence-electron chi connectivity index (χ3n) is 10.5. The van der Waals surface area contributed by atoms with Gasteiger partial charge in [0.2, 0.25) is 0 Å². The van der Waals surface area contributed by atoms with Crippen LogP contribution in [-0.4, -0.2) is 24.9 Å². The molecule has 57 heavy (non-hydrogen) atoms. The molecule has 0 bridgehead atoms. The molecule has 0 atom stereocenters. The van der Waals surface area contributed by atoms with Gasteiger partial charge in [-0.05, 0) is 70.8 Å². The second-order valence-corrected chi connectivity index (χ2v) is 14.1. The zero-order valence-electron chi connectivity index (χ0n) is 30.5. The fourth-order valence-electron chi connectivity index (χ4n) is 7.75. The van der Waals surface area contributed by atoms with E-state index < -0.39 is 0 Å². The van der Waals surface area contributed by atoms with Crippen LogP contribution in [0.5, 0.6) is 0 Å². The smallest absolute Gasteiger partial charge is 0.164 e. The van der Waals surface area contributed by atoms with Crippen LogP contribution in [0.15, 0.2) is 193 Å². The van der Waals surface area contributed by atoms with Gasteiger partial charge in [0.25, 0.3) is 0 Å². The first-order chi connectivity index (χ1) is 28.2. The summed E-state index contributed by atoms with van der Waals surface area (Å²) < 4.78 is 6.38. The van der Waals surface area contributed by atoms with Gasteiger partial charge in [-0.2, -0.15) is 0 Å². The van der Waals surface area contributed by atoms with Gasteiger partial charge in [-0.3, -0.25) is 4.98 Å². The van der Waals surface area contributed by atoms with Gasteiger partial charge in [0, 0.05) is 50.0 Å². The van der Waals surface area contributed by atoms with Crippen molar-refractivity contribution >= 4 is 43.7 Å². The van der Waals surface area contributed by atoms with E-state index in [0.29, 0.717) is 17.5 Å². The van der Waals surface area contributed by atoms with Crippen molar-refractivity contribution < 1.29 is 4.42 Å². The zero-order chi connectivity index (χ0) is 37.7. The fraction of sp³-hybridized carbons (Fsp3) is 0. The number of hydrogen-bond acceptors (Lipinski definition) is 6. The Labute approximate surface area is 327 Å². The Morgan fingerprint density at radius 3 is 1.67 bits per heavy atom. The molecule has 0 saturated heterocycles. The maximum absolute atomic E-state index is 6.38. The van der Waals surface area contributed by atoms with E-state index in [-0.39, 0.29) is 0 Å². The maximum atomic E-state index is 6.38. The molecule has 4 heterocycles. The quantitative estimate of drug-likeness (QED) is 0.159. The number of rotatable bonds is 6. The summed E-state index contributed by atoms with van der Waals surface area (Å²) in [5.41, 5.74) is 11.9. The van der Waals surface area contributed by atoms with Crippen LogP contribution in [0.2, 0.25) is 0 Å². The molecule has 0 aliphatic carbocycles. The molecule has 266 valence electrons. The van der Waals surface area contributed by atoms with E-state index in [0.717, 1.165) is 93.9 Å². The highest BCUT2D eigenvalue weighted by Crippen LogP contribution is 2.39. The minimum atomic E-state index is 0.562. The summed E-state index contributed by atoms with van der Waals surface area (Å²) in [6.07, 6.45) is 1.83. The van der Waals surface area contributed by atoms with Gasteiger partial charge >= 0.3 is 0 Å². The molecular formula is C51H31N5O. The standard InChI is InChI=1S/C51H31N5O/c1-4-13-32(14-5-1)43-31-44(53-48-42(43)25-22-33-19-12-26-52-47(33)48)38-27-37(36-23-24-41-40-20-10-11-21-45(40)57-46(41)30-36)28-39(29-38)51-55-49(34-15-6-2-7-16-34)54-50(56-51)35-17-8-3-9-18-35/h1-31H. The van der Waals surface area contributed by atoms with E-state index in [4.69, 9.17) is 29.3 Å². The Hall–Kier alpha value is -7.83. The summed E-state index contributed by atoms with van der Waals surface area (Å²) in [4.78, 5) is 25.5. The van der Waals surface area contributed by atoms with Gasteiger partial charge in [0.05, 0.1) is 16.7 Å². The Kier molecular flexibility index (Phi) is 7.71. The summed E-state index contributed by atoms with van der Waals surface area (Å²) in [5, 5.41) is 4.25. The van der Waals surface area contributed by atoms with E-state index >= 15 is 0 Å². The third-order valence-corrected chi connectivity index (χ3v) is 10.5. The number of furan rings is 1. The van der Waals surface area contributed by atoms with Crippen molar-refractivity contribution in [1.82, 2.24) is 24.9 Å². The summed E-state index contributed by atoms with van der Waals surface area (Å²) >= 11 is 0. The van der Waals surface area contributed by atoms with E-state index in [1.807, 2.05) is 97.2 Å². The number of para-hydroxylation sites is 1. The zero-order valence-corrected chi connectivity index (χ0v) is 30.5. The highest BCUT2D eigenvalue weighted by molar-refractivity contribution is 6.09. The summed E-state index contributed by atoms with van der Waals surface area (Å²) in [7, 11) is 0. The van der Waals surface area contributed by atoms with Crippen LogP contribution >= 0.6 is 0 Å². The summed E-state index contributed by atoms with van der Waals surface area (Å²) in [6, 6.07) is 62.2. The van der Waals surface area contributed by atoms with Crippen molar-refractivity contribution in [3.63, 3.8) is 0 Å². The first-order valence-electron chi connectivity index (χ1n) is 18.9. The second-order valence-electron chi connectivity index (χ2n) is 14.1. The predicted octanol–water partition coefficient (Wildman–Crippen LogP) is 12.9. The van der Waals surface area contributed by atoms with Crippen molar-refractivity contribution in [3.05, 3.63) is 188 Å². The van der Waals surface area contributed by atoms with Crippen molar-refractivity contribution in [3.8, 4) is 67.7 Å². The van der Waals surface area contributed by atoms with Crippen LogP contribution in [0.25, 0.3) is 111 Å². The van der Waals surface area contributed by atoms with Crippen molar-refractivity contribution in [2.45, 2.75) is 0 Å². The topological polar surface area (TPSA) is 77.6 Å². The van der Waals surface area contributed by atoms with E-state index in [9.17, 15) is 0 Å². The molecule has 0 aliphatic rings. The number of fused-ring (bicyclic) bond motifs is 6. The Morgan fingerprint density at radius 2 is 0.930 bits per heavy atom. The highest BCUT2D eigenvalue weighted by Gasteiger charge is 2.18. The minimum absolute atomic E-state index is 0.562. The van der Waals surface area contributed by atoms with Gasteiger partial charge in [0.15, 0.2) is 17.5 Å². The van der Waals surface area contributed by atoms with Crippen LogP contribution in [0.3, 0.4) is 0 Å². The van der Waals surface area contributed by atoms with E-state index in [1.165, 1.54) is 0 Å². The first kappa shape index (κ1) is 32.6. The monoisotopic (exact) mass is 729 g/mol. The van der Waals surface area contributed by atoms with E-state index in [1.54, 1.807) is 0 Å². The number of pyridine rings is 2. The van der Waals surface area contributed by atoms with Gasteiger partial charge in [-0.25, -0.2) is 19.9 Å². The first-order valence-corrected chi connectivity index (χ1v) is 18.9. The van der Waals surface area contributed by atoms with Crippen LogP contribution in [0, 0.1) is 0 Å². The number of benzene rings is 7. The average molecular weight is 730 g/mol. The van der Waals surface area contributed by atoms with Crippen LogP contribution in [0.1, 0.15) is 0 Å². The molecule has 11 aromatic rings. The van der Waals surface area contributed by atoms with Gasteiger partial charge in [-0.1, -0.05) is 133 Å². The van der Waals surface area contributed by atoms with Crippen LogP contribution in [0.4, 0.5) is 0 Å². The van der Waals surface area contributed by atoms with Gasteiger partial charge < -0.3 is 4.42 Å². The fourth-order valence-corrected chi connectivity index (χ4v) is 7.75. The van der Waals surface area contributed by atoms with Crippen molar-refractivity contribution in [1.29, 1.82) is 0 Å². The van der Waals surface area contributed by atoms with Crippen molar-refractivity contribution in [2.24, 2.45) is 0 Å². The molecule has 0 saturated carbocycles. The predicted molar refractivity (Wildman–Crippen MR) is 230 cm³/mol. The molecule has 4 aromatic heterocycles. The number of hydrogen-bond donors (Lipinski definition) is 0.